The molecule has 1 fully saturated rings. The lowest BCUT2D eigenvalue weighted by atomic mass is 9.52. The van der Waals surface area contributed by atoms with E-state index in [1.54, 1.807) is 6.92 Å². The molecule has 1 aromatic rings. The van der Waals surface area contributed by atoms with E-state index >= 15 is 0 Å². The number of rotatable bonds is 4. The Hall–Kier alpha value is -1.75. The number of Topliss-reactive ketones (excluding diaryl/α,β-unsaturated/α-hetero) is 1. The molecule has 0 unspecified atom stereocenters. The number of nitrogens with one attached hydrogen (secondary N) is 2. The van der Waals surface area contributed by atoms with Gasteiger partial charge in [0.25, 0.3) is 0 Å². The maximum Gasteiger partial charge on any atom is 0.226 e. The molecule has 2 atom stereocenters. The summed E-state index contributed by atoms with van der Waals surface area (Å²) >= 11 is 5.30. The lowest BCUT2D eigenvalue weighted by Gasteiger charge is -2.51. The maximum absolute atomic E-state index is 12.3. The van der Waals surface area contributed by atoms with Crippen molar-refractivity contribution in [2.24, 2.45) is 17.3 Å². The van der Waals surface area contributed by atoms with E-state index in [0.29, 0.717) is 11.5 Å². The second-order valence-electron chi connectivity index (χ2n) is 7.90. The highest BCUT2D eigenvalue weighted by molar-refractivity contribution is 7.80. The summed E-state index contributed by atoms with van der Waals surface area (Å²) in [4.78, 5) is 23.9. The summed E-state index contributed by atoms with van der Waals surface area (Å²) in [5.41, 5.74) is 4.21. The first-order chi connectivity index (χ1) is 11.5. The third kappa shape index (κ3) is 4.27. The fourth-order valence-electron chi connectivity index (χ4n) is 3.98. The van der Waals surface area contributed by atoms with Crippen LogP contribution in [0.25, 0.3) is 0 Å². The van der Waals surface area contributed by atoms with Gasteiger partial charge in [-0.1, -0.05) is 31.5 Å². The fourth-order valence-corrected chi connectivity index (χ4v) is 4.19. The van der Waals surface area contributed by atoms with Gasteiger partial charge in [0.05, 0.1) is 0 Å². The van der Waals surface area contributed by atoms with E-state index in [-0.39, 0.29) is 28.9 Å². The first-order valence-corrected chi connectivity index (χ1v) is 9.12. The number of benzene rings is 1. The van der Waals surface area contributed by atoms with Crippen LogP contribution in [-0.4, -0.2) is 16.8 Å². The van der Waals surface area contributed by atoms with Gasteiger partial charge in [-0.15, -0.1) is 0 Å². The monoisotopic (exact) mass is 360 g/mol. The normalized spacial score (nSPS) is 21.2. The number of aryl methyl sites for hydroxylation is 3. The van der Waals surface area contributed by atoms with E-state index < -0.39 is 0 Å². The molecule has 0 aliphatic heterocycles. The van der Waals surface area contributed by atoms with Crippen molar-refractivity contribution < 1.29 is 9.59 Å². The van der Waals surface area contributed by atoms with Crippen molar-refractivity contribution in [1.29, 1.82) is 0 Å². The molecule has 0 heterocycles. The third-order valence-electron chi connectivity index (χ3n) is 5.56. The molecule has 2 rings (SSSR count). The number of ketones is 1. The Labute approximate surface area is 155 Å². The van der Waals surface area contributed by atoms with Gasteiger partial charge in [-0.3, -0.25) is 9.59 Å². The van der Waals surface area contributed by atoms with E-state index in [0.717, 1.165) is 23.2 Å². The molecule has 1 amide bonds. The van der Waals surface area contributed by atoms with Gasteiger partial charge in [0.2, 0.25) is 5.91 Å². The van der Waals surface area contributed by atoms with Crippen LogP contribution in [0.3, 0.4) is 0 Å². The second kappa shape index (κ2) is 7.24. The Morgan fingerprint density at radius 2 is 1.76 bits per heavy atom. The van der Waals surface area contributed by atoms with Crippen LogP contribution in [0.4, 0.5) is 5.69 Å². The standard InChI is InChI=1S/C20H28N2O2S/c1-11-7-12(2)18(13(3)8-11)22-19(25)21-17(24)10-15-9-16(14(4)23)20(15,5)6/h7-8,15-16H,9-10H2,1-6H3,(H2,21,22,24,25)/t15-,16+/m1/s1. The largest absolute Gasteiger partial charge is 0.332 e. The lowest BCUT2D eigenvalue weighted by Crippen LogP contribution is -2.50. The zero-order valence-corrected chi connectivity index (χ0v) is 16.8. The summed E-state index contributed by atoms with van der Waals surface area (Å²) in [6.45, 7) is 11.9. The predicted octanol–water partition coefficient (Wildman–Crippen LogP) is 4.07. The van der Waals surface area contributed by atoms with Crippen LogP contribution < -0.4 is 10.6 Å². The van der Waals surface area contributed by atoms with Gasteiger partial charge in [-0.25, -0.2) is 0 Å². The Balaban J connectivity index is 1.92. The number of carbonyl (C=O) groups is 2. The molecule has 1 aliphatic carbocycles. The smallest absolute Gasteiger partial charge is 0.226 e. The summed E-state index contributed by atoms with van der Waals surface area (Å²) in [5, 5.41) is 6.23. The quantitative estimate of drug-likeness (QED) is 0.795. The molecule has 0 spiro atoms. The molecular formula is C20H28N2O2S. The number of anilines is 1. The van der Waals surface area contributed by atoms with Crippen molar-refractivity contribution in [3.63, 3.8) is 0 Å². The molecule has 0 aromatic heterocycles. The van der Waals surface area contributed by atoms with Crippen LogP contribution in [0.2, 0.25) is 0 Å². The molecule has 0 radical (unpaired) electrons. The number of hydrogen-bond donors (Lipinski definition) is 2. The summed E-state index contributed by atoms with van der Waals surface area (Å²) in [5.74, 6) is 0.393. The van der Waals surface area contributed by atoms with E-state index in [1.807, 2.05) is 13.8 Å². The average Bonchev–Trinajstić information content (AvgIpc) is 2.46. The molecule has 0 bridgehead atoms. The van der Waals surface area contributed by atoms with Crippen molar-refractivity contribution in [3.8, 4) is 0 Å². The zero-order chi connectivity index (χ0) is 18.9. The van der Waals surface area contributed by atoms with Gasteiger partial charge in [-0.2, -0.15) is 0 Å². The molecule has 0 saturated heterocycles. The van der Waals surface area contributed by atoms with Gasteiger partial charge in [0.1, 0.15) is 5.78 Å². The maximum atomic E-state index is 12.3. The SMILES string of the molecule is CC(=O)[C@@H]1C[C@H](CC(=O)NC(=S)Nc2c(C)cc(C)cc2C)C1(C)C. The van der Waals surface area contributed by atoms with Crippen LogP contribution >= 0.6 is 12.2 Å². The molecule has 1 aliphatic rings. The Morgan fingerprint density at radius 3 is 2.24 bits per heavy atom. The van der Waals surface area contributed by atoms with Crippen molar-refractivity contribution in [1.82, 2.24) is 5.32 Å². The van der Waals surface area contributed by atoms with Crippen LogP contribution in [0, 0.1) is 38.0 Å². The average molecular weight is 361 g/mol. The van der Waals surface area contributed by atoms with Gasteiger partial charge >= 0.3 is 0 Å². The summed E-state index contributed by atoms with van der Waals surface area (Å²) in [6, 6.07) is 4.16. The zero-order valence-electron chi connectivity index (χ0n) is 15.9. The molecule has 1 aromatic carbocycles. The Bertz CT molecular complexity index is 701. The second-order valence-corrected chi connectivity index (χ2v) is 8.31. The first-order valence-electron chi connectivity index (χ1n) is 8.71. The molecule has 2 N–H and O–H groups in total. The van der Waals surface area contributed by atoms with E-state index in [2.05, 4.69) is 43.5 Å². The van der Waals surface area contributed by atoms with Gasteiger partial charge in [0.15, 0.2) is 5.11 Å². The highest BCUT2D eigenvalue weighted by atomic mass is 32.1. The molecule has 4 nitrogen and oxygen atoms in total. The lowest BCUT2D eigenvalue weighted by molar-refractivity contribution is -0.140. The molecule has 1 saturated carbocycles. The van der Waals surface area contributed by atoms with Gasteiger partial charge in [-0.05, 0) is 68.8 Å². The van der Waals surface area contributed by atoms with Crippen molar-refractivity contribution in [2.75, 3.05) is 5.32 Å². The number of thiocarbonyl (C=S) groups is 1. The Kier molecular flexibility index (Phi) is 5.67. The van der Waals surface area contributed by atoms with Crippen LogP contribution in [0.15, 0.2) is 12.1 Å². The highest BCUT2D eigenvalue weighted by Gasteiger charge is 2.50. The molecule has 25 heavy (non-hydrogen) atoms. The molecular weight excluding hydrogens is 332 g/mol. The van der Waals surface area contributed by atoms with Crippen LogP contribution in [-0.2, 0) is 9.59 Å². The molecule has 5 heteroatoms. The van der Waals surface area contributed by atoms with Gasteiger partial charge in [0, 0.05) is 18.0 Å². The van der Waals surface area contributed by atoms with Gasteiger partial charge < -0.3 is 10.6 Å². The number of hydrogen-bond acceptors (Lipinski definition) is 3. The van der Waals surface area contributed by atoms with Crippen LogP contribution in [0.1, 0.15) is 50.3 Å². The minimum atomic E-state index is -0.123. The minimum absolute atomic E-state index is 0.0632. The van der Waals surface area contributed by atoms with E-state index in [1.165, 1.54) is 5.56 Å². The summed E-state index contributed by atoms with van der Waals surface area (Å²) in [6.07, 6.45) is 1.18. The van der Waals surface area contributed by atoms with E-state index in [9.17, 15) is 9.59 Å². The van der Waals surface area contributed by atoms with Crippen LogP contribution in [0.5, 0.6) is 0 Å². The third-order valence-corrected chi connectivity index (χ3v) is 5.77. The minimum Gasteiger partial charge on any atom is -0.332 e. The summed E-state index contributed by atoms with van der Waals surface area (Å²) in [7, 11) is 0. The summed E-state index contributed by atoms with van der Waals surface area (Å²) < 4.78 is 0. The fraction of sp³-hybridized carbons (Fsp3) is 0.550. The predicted molar refractivity (Wildman–Crippen MR) is 106 cm³/mol. The first kappa shape index (κ1) is 19.6. The number of carbonyl (C=O) groups excluding carboxylic acids is 2. The molecule has 136 valence electrons. The number of amides is 1. The van der Waals surface area contributed by atoms with E-state index in [4.69, 9.17) is 12.2 Å². The topological polar surface area (TPSA) is 58.2 Å². The Morgan fingerprint density at radius 1 is 1.20 bits per heavy atom. The van der Waals surface area contributed by atoms with Crippen molar-refractivity contribution in [3.05, 3.63) is 28.8 Å². The van der Waals surface area contributed by atoms with Crippen molar-refractivity contribution >= 4 is 34.7 Å². The highest BCUT2D eigenvalue weighted by Crippen LogP contribution is 2.53. The van der Waals surface area contributed by atoms with Crippen molar-refractivity contribution in [2.45, 2.75) is 54.4 Å².